The fourth-order valence-corrected chi connectivity index (χ4v) is 2.46. The van der Waals surface area contributed by atoms with Crippen LogP contribution in [0.15, 0.2) is 0 Å². The lowest BCUT2D eigenvalue weighted by Crippen LogP contribution is -2.59. The van der Waals surface area contributed by atoms with Crippen molar-refractivity contribution < 1.29 is 14.3 Å². The number of rotatable bonds is 2. The molecule has 0 spiro atoms. The van der Waals surface area contributed by atoms with Gasteiger partial charge in [0.25, 0.3) is 0 Å². The van der Waals surface area contributed by atoms with Crippen molar-refractivity contribution >= 4 is 18.5 Å². The van der Waals surface area contributed by atoms with Crippen LogP contribution in [0.25, 0.3) is 0 Å². The Labute approximate surface area is 108 Å². The van der Waals surface area contributed by atoms with Crippen LogP contribution in [-0.4, -0.2) is 36.0 Å². The molecule has 0 aromatic heterocycles. The molecule has 3 fully saturated rings. The summed E-state index contributed by atoms with van der Waals surface area (Å²) >= 11 is 0. The first-order valence-corrected chi connectivity index (χ1v) is 5.62. The van der Waals surface area contributed by atoms with E-state index in [0.29, 0.717) is 13.2 Å². The van der Waals surface area contributed by atoms with Crippen molar-refractivity contribution in [2.45, 2.75) is 50.4 Å². The zero-order valence-electron chi connectivity index (χ0n) is 10.5. The van der Waals surface area contributed by atoms with Crippen molar-refractivity contribution in [1.29, 1.82) is 0 Å². The van der Waals surface area contributed by atoms with Gasteiger partial charge in [-0.15, -0.1) is 12.4 Å². The topological polar surface area (TPSA) is 73.6 Å². The minimum atomic E-state index is -0.463. The minimum Gasteiger partial charge on any atom is -0.444 e. The Morgan fingerprint density at radius 3 is 2.47 bits per heavy atom. The summed E-state index contributed by atoms with van der Waals surface area (Å²) in [6.45, 7) is 6.60. The summed E-state index contributed by atoms with van der Waals surface area (Å²) in [7, 11) is 0. The normalized spacial score (nSPS) is 34.6. The Bertz CT molecular complexity index is 308. The number of ether oxygens (including phenoxy) is 2. The summed E-state index contributed by atoms with van der Waals surface area (Å²) in [5.74, 6) is 0. The zero-order chi connectivity index (χ0) is 12.0. The zero-order valence-corrected chi connectivity index (χ0v) is 11.4. The Balaban J connectivity index is 0.00000144. The molecule has 1 aliphatic carbocycles. The highest BCUT2D eigenvalue weighted by atomic mass is 35.5. The Hall–Kier alpha value is -0.520. The van der Waals surface area contributed by atoms with Crippen molar-refractivity contribution in [1.82, 2.24) is 5.32 Å². The highest BCUT2D eigenvalue weighted by Crippen LogP contribution is 2.49. The monoisotopic (exact) mass is 264 g/mol. The van der Waals surface area contributed by atoms with Crippen LogP contribution in [-0.2, 0) is 9.47 Å². The average Bonchev–Trinajstić information content (AvgIpc) is 2.51. The Kier molecular flexibility index (Phi) is 3.68. The van der Waals surface area contributed by atoms with E-state index in [-0.39, 0.29) is 23.5 Å². The average molecular weight is 265 g/mol. The first-order valence-electron chi connectivity index (χ1n) is 5.62. The van der Waals surface area contributed by atoms with E-state index >= 15 is 0 Å². The van der Waals surface area contributed by atoms with Gasteiger partial charge in [-0.2, -0.15) is 0 Å². The predicted molar refractivity (Wildman–Crippen MR) is 66.3 cm³/mol. The lowest BCUT2D eigenvalue weighted by Gasteiger charge is -2.42. The van der Waals surface area contributed by atoms with E-state index in [4.69, 9.17) is 15.2 Å². The van der Waals surface area contributed by atoms with E-state index in [1.165, 1.54) is 0 Å². The summed E-state index contributed by atoms with van der Waals surface area (Å²) in [6, 6.07) is 0. The lowest BCUT2D eigenvalue weighted by molar-refractivity contribution is -0.00598. The Morgan fingerprint density at radius 1 is 1.47 bits per heavy atom. The third-order valence-electron chi connectivity index (χ3n) is 2.97. The van der Waals surface area contributed by atoms with Crippen LogP contribution < -0.4 is 11.1 Å². The standard InChI is InChI=1S/C11H20N2O3.ClH/c1-9(2,3)16-8(14)13-6-11-4-10(12,5-11)7-15-11;/h4-7,12H2,1-3H3,(H,13,14);1H. The smallest absolute Gasteiger partial charge is 0.407 e. The molecule has 17 heavy (non-hydrogen) atoms. The van der Waals surface area contributed by atoms with Gasteiger partial charge in [0.05, 0.1) is 18.8 Å². The van der Waals surface area contributed by atoms with Gasteiger partial charge < -0.3 is 20.5 Å². The molecule has 0 aromatic carbocycles. The van der Waals surface area contributed by atoms with Crippen molar-refractivity contribution in [3.05, 3.63) is 0 Å². The molecule has 5 nitrogen and oxygen atoms in total. The van der Waals surface area contributed by atoms with Crippen molar-refractivity contribution in [2.24, 2.45) is 5.73 Å². The van der Waals surface area contributed by atoms with Crippen LogP contribution in [0, 0.1) is 0 Å². The molecule has 3 N–H and O–H groups in total. The lowest BCUT2D eigenvalue weighted by atomic mass is 9.69. The highest BCUT2D eigenvalue weighted by molar-refractivity contribution is 5.85. The largest absolute Gasteiger partial charge is 0.444 e. The molecule has 2 bridgehead atoms. The van der Waals surface area contributed by atoms with Crippen LogP contribution >= 0.6 is 12.4 Å². The minimum absolute atomic E-state index is 0. The number of amides is 1. The molecule has 3 rings (SSSR count). The third-order valence-corrected chi connectivity index (χ3v) is 2.97. The van der Waals surface area contributed by atoms with Crippen LogP contribution in [0.4, 0.5) is 4.79 Å². The molecule has 0 unspecified atom stereocenters. The van der Waals surface area contributed by atoms with E-state index in [2.05, 4.69) is 5.32 Å². The molecule has 0 atom stereocenters. The van der Waals surface area contributed by atoms with Crippen LogP contribution in [0.5, 0.6) is 0 Å². The van der Waals surface area contributed by atoms with Gasteiger partial charge in [0.1, 0.15) is 5.60 Å². The number of hydrogen-bond donors (Lipinski definition) is 2. The first-order chi connectivity index (χ1) is 7.22. The second-order valence-electron chi connectivity index (χ2n) is 6.04. The van der Waals surface area contributed by atoms with Gasteiger partial charge in [-0.05, 0) is 33.6 Å². The predicted octanol–water partition coefficient (Wildman–Crippen LogP) is 1.19. The van der Waals surface area contributed by atoms with Crippen molar-refractivity contribution in [3.63, 3.8) is 0 Å². The molecule has 2 aliphatic heterocycles. The van der Waals surface area contributed by atoms with Crippen LogP contribution in [0.1, 0.15) is 33.6 Å². The molecular weight excluding hydrogens is 244 g/mol. The number of alkyl carbamates (subject to hydrolysis) is 1. The van der Waals surface area contributed by atoms with Crippen LogP contribution in [0.2, 0.25) is 0 Å². The summed E-state index contributed by atoms with van der Waals surface area (Å²) in [5, 5.41) is 2.74. The van der Waals surface area contributed by atoms with Gasteiger partial charge in [0.15, 0.2) is 0 Å². The fraction of sp³-hybridized carbons (Fsp3) is 0.909. The summed E-state index contributed by atoms with van der Waals surface area (Å²) in [4.78, 5) is 11.4. The fourth-order valence-electron chi connectivity index (χ4n) is 2.46. The first kappa shape index (κ1) is 14.5. The SMILES string of the molecule is CC(C)(C)OC(=O)NCC12CC(N)(CO1)C2.Cl. The maximum atomic E-state index is 11.4. The number of nitrogens with one attached hydrogen (secondary N) is 1. The highest BCUT2D eigenvalue weighted by Gasteiger charge is 2.60. The summed E-state index contributed by atoms with van der Waals surface area (Å²) in [6.07, 6.45) is 1.26. The maximum Gasteiger partial charge on any atom is 0.407 e. The van der Waals surface area contributed by atoms with Gasteiger partial charge in [-0.25, -0.2) is 4.79 Å². The van der Waals surface area contributed by atoms with E-state index < -0.39 is 11.7 Å². The second kappa shape index (κ2) is 4.30. The van der Waals surface area contributed by atoms with Gasteiger partial charge in [-0.3, -0.25) is 0 Å². The molecule has 2 heterocycles. The number of fused-ring (bicyclic) bond motifs is 1. The molecule has 1 amide bonds. The number of halogens is 1. The molecule has 0 aromatic rings. The van der Waals surface area contributed by atoms with Gasteiger partial charge >= 0.3 is 6.09 Å². The second-order valence-corrected chi connectivity index (χ2v) is 6.04. The molecule has 2 saturated heterocycles. The molecule has 6 heteroatoms. The van der Waals surface area contributed by atoms with Crippen molar-refractivity contribution in [2.75, 3.05) is 13.2 Å². The molecule has 0 radical (unpaired) electrons. The van der Waals surface area contributed by atoms with Gasteiger partial charge in [0, 0.05) is 5.54 Å². The third kappa shape index (κ3) is 3.24. The maximum absolute atomic E-state index is 11.4. The van der Waals surface area contributed by atoms with E-state index in [9.17, 15) is 4.79 Å². The number of hydrogen-bond acceptors (Lipinski definition) is 4. The van der Waals surface area contributed by atoms with Crippen molar-refractivity contribution in [3.8, 4) is 0 Å². The molecule has 3 aliphatic rings. The van der Waals surface area contributed by atoms with E-state index in [1.54, 1.807) is 0 Å². The molecule has 100 valence electrons. The molecular formula is C11H21ClN2O3. The van der Waals surface area contributed by atoms with Gasteiger partial charge in [-0.1, -0.05) is 0 Å². The summed E-state index contributed by atoms with van der Waals surface area (Å²) < 4.78 is 10.8. The quantitative estimate of drug-likeness (QED) is 0.786. The van der Waals surface area contributed by atoms with E-state index in [0.717, 1.165) is 12.8 Å². The molecule has 1 saturated carbocycles. The van der Waals surface area contributed by atoms with E-state index in [1.807, 2.05) is 20.8 Å². The number of carbonyl (C=O) groups excluding carboxylic acids is 1. The van der Waals surface area contributed by atoms with Gasteiger partial charge in [0.2, 0.25) is 0 Å². The number of nitrogens with two attached hydrogens (primary N) is 1. The van der Waals surface area contributed by atoms with Crippen LogP contribution in [0.3, 0.4) is 0 Å². The Morgan fingerprint density at radius 2 is 2.06 bits per heavy atom. The number of carbonyl (C=O) groups is 1. The summed E-state index contributed by atoms with van der Waals surface area (Å²) in [5.41, 5.74) is 5.13.